The molecule has 1 aromatic carbocycles. The first-order valence-electron chi connectivity index (χ1n) is 8.85. The summed E-state index contributed by atoms with van der Waals surface area (Å²) in [6, 6.07) is 5.13. The Morgan fingerprint density at radius 3 is 2.72 bits per heavy atom. The maximum absolute atomic E-state index is 12.8. The van der Waals surface area contributed by atoms with Crippen LogP contribution >= 0.6 is 23.2 Å². The molecule has 1 atom stereocenters. The van der Waals surface area contributed by atoms with Crippen molar-refractivity contribution in [1.82, 2.24) is 25.2 Å². The molecule has 3 heterocycles. The molecule has 1 aliphatic rings. The van der Waals surface area contributed by atoms with Crippen LogP contribution in [0.25, 0.3) is 5.69 Å². The van der Waals surface area contributed by atoms with Crippen molar-refractivity contribution >= 4 is 40.5 Å². The van der Waals surface area contributed by atoms with Crippen LogP contribution < -0.4 is 21.6 Å². The molecule has 0 radical (unpaired) electrons. The van der Waals surface area contributed by atoms with Crippen molar-refractivity contribution in [1.29, 1.82) is 0 Å². The Bertz CT molecular complexity index is 1130. The molecule has 5 N–H and O–H groups in total. The summed E-state index contributed by atoms with van der Waals surface area (Å²) in [5.74, 6) is -0.430. The lowest BCUT2D eigenvalue weighted by Crippen LogP contribution is -2.27. The quantitative estimate of drug-likeness (QED) is 0.490. The van der Waals surface area contributed by atoms with Gasteiger partial charge in [0.15, 0.2) is 0 Å². The molecule has 12 heteroatoms. The van der Waals surface area contributed by atoms with E-state index in [-0.39, 0.29) is 16.8 Å². The number of tetrazole rings is 1. The van der Waals surface area contributed by atoms with Gasteiger partial charge >= 0.3 is 5.69 Å². The van der Waals surface area contributed by atoms with Gasteiger partial charge in [-0.05, 0) is 42.0 Å². The molecule has 1 aliphatic heterocycles. The van der Waals surface area contributed by atoms with E-state index in [1.165, 1.54) is 0 Å². The van der Waals surface area contributed by atoms with Gasteiger partial charge in [0.2, 0.25) is 0 Å². The molecule has 4 rings (SSSR count). The van der Waals surface area contributed by atoms with E-state index < -0.39 is 11.6 Å². The number of nitrogens with one attached hydrogen (secondary N) is 3. The van der Waals surface area contributed by atoms with Crippen molar-refractivity contribution in [2.24, 2.45) is 5.73 Å². The van der Waals surface area contributed by atoms with Crippen molar-refractivity contribution in [2.75, 3.05) is 23.3 Å². The number of H-pyrrole nitrogens is 2. The van der Waals surface area contributed by atoms with Crippen LogP contribution in [-0.2, 0) is 0 Å². The number of hydrogen-bond donors (Lipinski definition) is 4. The number of aromatic nitrogens is 5. The van der Waals surface area contributed by atoms with E-state index in [0.29, 0.717) is 34.3 Å². The molecule has 152 valence electrons. The summed E-state index contributed by atoms with van der Waals surface area (Å²) in [5, 5.41) is 12.9. The van der Waals surface area contributed by atoms with Gasteiger partial charge in [-0.3, -0.25) is 4.79 Å². The number of carbonyl (C=O) groups excluding carboxylic acids is 1. The Morgan fingerprint density at radius 1 is 1.34 bits per heavy atom. The predicted octanol–water partition coefficient (Wildman–Crippen LogP) is 1.69. The van der Waals surface area contributed by atoms with Gasteiger partial charge in [0.25, 0.3) is 5.91 Å². The fourth-order valence-corrected chi connectivity index (χ4v) is 3.72. The highest BCUT2D eigenvalue weighted by Crippen LogP contribution is 2.33. The third kappa shape index (κ3) is 3.61. The average molecular weight is 437 g/mol. The lowest BCUT2D eigenvalue weighted by molar-refractivity contribution is 0.102. The molecule has 0 aliphatic carbocycles. The maximum atomic E-state index is 12.8. The molecule has 1 fully saturated rings. The van der Waals surface area contributed by atoms with Crippen LogP contribution in [0.5, 0.6) is 0 Å². The number of hydrogen-bond acceptors (Lipinski definition) is 6. The van der Waals surface area contributed by atoms with Gasteiger partial charge < -0.3 is 20.9 Å². The fourth-order valence-electron chi connectivity index (χ4n) is 3.30. The van der Waals surface area contributed by atoms with E-state index in [9.17, 15) is 9.59 Å². The highest BCUT2D eigenvalue weighted by atomic mass is 35.5. The third-order valence-corrected chi connectivity index (χ3v) is 5.74. The SMILES string of the molecule is Cc1[nH]c(C(=O)Nc2ccc(-n3nn[nH]c3=O)cc2N2CC[C@H](N)C2)c(Cl)c1Cl. The molecule has 1 amide bonds. The zero-order valence-corrected chi connectivity index (χ0v) is 16.9. The van der Waals surface area contributed by atoms with Gasteiger partial charge in [-0.15, -0.1) is 0 Å². The average Bonchev–Trinajstić information content (AvgIpc) is 3.38. The van der Waals surface area contributed by atoms with Gasteiger partial charge in [0.1, 0.15) is 5.69 Å². The second-order valence-corrected chi connectivity index (χ2v) is 7.58. The number of anilines is 2. The largest absolute Gasteiger partial charge is 0.368 e. The monoisotopic (exact) mass is 436 g/mol. The van der Waals surface area contributed by atoms with Gasteiger partial charge in [-0.25, -0.2) is 9.89 Å². The minimum absolute atomic E-state index is 0.0243. The Hall–Kier alpha value is -2.82. The number of benzene rings is 1. The zero-order valence-electron chi connectivity index (χ0n) is 15.4. The number of halogens is 2. The minimum Gasteiger partial charge on any atom is -0.368 e. The predicted molar refractivity (Wildman–Crippen MR) is 110 cm³/mol. The Balaban J connectivity index is 1.72. The number of aryl methyl sites for hydroxylation is 1. The summed E-state index contributed by atoms with van der Waals surface area (Å²) in [5.41, 5.74) is 8.14. The first-order chi connectivity index (χ1) is 13.8. The first kappa shape index (κ1) is 19.5. The van der Waals surface area contributed by atoms with Crippen LogP contribution in [0.3, 0.4) is 0 Å². The van der Waals surface area contributed by atoms with E-state index in [1.54, 1.807) is 25.1 Å². The molecular formula is C17H18Cl2N8O2. The number of amides is 1. The third-order valence-electron chi connectivity index (χ3n) is 4.79. The molecule has 1 saturated heterocycles. The van der Waals surface area contributed by atoms with E-state index in [2.05, 4.69) is 25.8 Å². The number of carbonyl (C=O) groups is 1. The van der Waals surface area contributed by atoms with Gasteiger partial charge in [0, 0.05) is 24.8 Å². The number of aromatic amines is 2. The van der Waals surface area contributed by atoms with Crippen LogP contribution in [0.2, 0.25) is 10.0 Å². The molecule has 10 nitrogen and oxygen atoms in total. The zero-order chi connectivity index (χ0) is 20.7. The van der Waals surface area contributed by atoms with Crippen molar-refractivity contribution in [3.8, 4) is 5.69 Å². The number of nitrogens with zero attached hydrogens (tertiary/aromatic N) is 4. The summed E-state index contributed by atoms with van der Waals surface area (Å²) >= 11 is 12.2. The van der Waals surface area contributed by atoms with E-state index in [4.69, 9.17) is 28.9 Å². The van der Waals surface area contributed by atoms with Crippen molar-refractivity contribution in [3.63, 3.8) is 0 Å². The van der Waals surface area contributed by atoms with Crippen LogP contribution in [0.15, 0.2) is 23.0 Å². The summed E-state index contributed by atoms with van der Waals surface area (Å²) in [7, 11) is 0. The Morgan fingerprint density at radius 2 is 2.14 bits per heavy atom. The molecule has 0 bridgehead atoms. The maximum Gasteiger partial charge on any atom is 0.365 e. The normalized spacial score (nSPS) is 16.4. The Kier molecular flexibility index (Phi) is 5.07. The van der Waals surface area contributed by atoms with Crippen molar-refractivity contribution in [3.05, 3.63) is 50.1 Å². The number of nitrogens with two attached hydrogens (primary N) is 1. The molecular weight excluding hydrogens is 419 g/mol. The van der Waals surface area contributed by atoms with E-state index >= 15 is 0 Å². The fraction of sp³-hybridized carbons (Fsp3) is 0.294. The Labute approximate surface area is 175 Å². The van der Waals surface area contributed by atoms with Crippen LogP contribution in [0, 0.1) is 6.92 Å². The van der Waals surface area contributed by atoms with Crippen molar-refractivity contribution in [2.45, 2.75) is 19.4 Å². The van der Waals surface area contributed by atoms with Gasteiger partial charge in [-0.2, -0.15) is 4.68 Å². The highest BCUT2D eigenvalue weighted by molar-refractivity contribution is 6.44. The lowest BCUT2D eigenvalue weighted by Gasteiger charge is -2.22. The second-order valence-electron chi connectivity index (χ2n) is 6.82. The lowest BCUT2D eigenvalue weighted by atomic mass is 10.2. The highest BCUT2D eigenvalue weighted by Gasteiger charge is 2.24. The number of rotatable bonds is 4. The second kappa shape index (κ2) is 7.54. The van der Waals surface area contributed by atoms with Crippen LogP contribution in [0.1, 0.15) is 22.6 Å². The molecule has 3 aromatic rings. The molecule has 2 aromatic heterocycles. The summed E-state index contributed by atoms with van der Waals surface area (Å²) in [6.07, 6.45) is 0.818. The van der Waals surface area contributed by atoms with E-state index in [0.717, 1.165) is 17.6 Å². The first-order valence-corrected chi connectivity index (χ1v) is 9.61. The van der Waals surface area contributed by atoms with Gasteiger partial charge in [0.05, 0.1) is 27.1 Å². The van der Waals surface area contributed by atoms with Gasteiger partial charge in [-0.1, -0.05) is 23.2 Å². The molecule has 0 spiro atoms. The smallest absolute Gasteiger partial charge is 0.365 e. The van der Waals surface area contributed by atoms with Crippen LogP contribution in [-0.4, -0.2) is 50.2 Å². The van der Waals surface area contributed by atoms with Crippen LogP contribution in [0.4, 0.5) is 11.4 Å². The summed E-state index contributed by atoms with van der Waals surface area (Å²) in [4.78, 5) is 29.6. The standard InChI is InChI=1S/C17H18Cl2N8O2/c1-8-13(18)14(19)15(21-8)16(28)22-11-3-2-10(27-17(29)23-24-25-27)6-12(11)26-5-4-9(20)7-26/h2-3,6,9,21H,4-5,7,20H2,1H3,(H,22,28)(H,23,25,29)/t9-/m0/s1. The topological polar surface area (TPSA) is 138 Å². The van der Waals surface area contributed by atoms with E-state index in [1.807, 2.05) is 4.90 Å². The molecule has 0 saturated carbocycles. The molecule has 0 unspecified atom stereocenters. The minimum atomic E-state index is -0.464. The molecule has 29 heavy (non-hydrogen) atoms. The summed E-state index contributed by atoms with van der Waals surface area (Å²) < 4.78 is 1.13. The summed E-state index contributed by atoms with van der Waals surface area (Å²) in [6.45, 7) is 3.07. The van der Waals surface area contributed by atoms with Crippen molar-refractivity contribution < 1.29 is 4.79 Å².